The van der Waals surface area contributed by atoms with Crippen LogP contribution in [0.3, 0.4) is 0 Å². The molecule has 2 aromatic heterocycles. The molecule has 13 heteroatoms. The van der Waals surface area contributed by atoms with Gasteiger partial charge in [-0.05, 0) is 154 Å². The van der Waals surface area contributed by atoms with Gasteiger partial charge in [-0.1, -0.05) is 292 Å². The number of benzene rings is 12. The zero-order chi connectivity index (χ0) is 73.9. The van der Waals surface area contributed by atoms with E-state index in [1.54, 1.807) is 7.18 Å². The van der Waals surface area contributed by atoms with Crippen molar-refractivity contribution in [3.8, 4) is 136 Å². The van der Waals surface area contributed by atoms with E-state index in [0.29, 0.717) is 46.1 Å². The van der Waals surface area contributed by atoms with Gasteiger partial charge in [0.2, 0.25) is 0 Å². The maximum Gasteiger partial charge on any atom is 0.494 e. The molecule has 3 heterocycles. The van der Waals surface area contributed by atoms with Gasteiger partial charge in [0.25, 0.3) is 0 Å². The smallest absolute Gasteiger partial charge is 0.463 e. The lowest BCUT2D eigenvalue weighted by molar-refractivity contribution is 0.00578. The highest BCUT2D eigenvalue weighted by atomic mass is 79.9. The third kappa shape index (κ3) is 14.3. The van der Waals surface area contributed by atoms with E-state index in [1.807, 2.05) is 133 Å². The highest BCUT2D eigenvalue weighted by molar-refractivity contribution is 9.10. The molecule has 0 saturated carbocycles. The molecule has 0 spiro atoms. The van der Waals surface area contributed by atoms with Crippen LogP contribution in [0.4, 0.5) is 4.39 Å². The lowest BCUT2D eigenvalue weighted by Crippen LogP contribution is -2.41. The number of rotatable bonds is 10. The molecule has 3 aliphatic rings. The summed E-state index contributed by atoms with van der Waals surface area (Å²) in [7, 11) is 1.39. The standard InChI is InChI=1S/C43H30N4.C27H18BrN3.C22H24BNO2.CH2F/c1-43(2)38-25-28(27-44)13-23-36(38)37-24-22-35(26-39(37)43)31-16-20-34(21-17-31)42-46-40(32-11-7-4-8-12-32)45-41(47-42)33-18-14-30(15-19-33)29-9-5-3-6-10-29;28-24-17-15-23(16-18-24)27-30-25(21-9-5-2-6-10-21)29-26(31-27)22-13-11-20(12-14-22)19-7-3-1-4-8-19;1-20(2)18-11-14(13-24)7-9-16(18)17-10-8-15(12-19(17)20)23-25-21(3,4)22(5,6)26-23;1-2/h3-26H,1-2H3;1-18H;7-12H,1-6H3;1H2/q;;;-1. The van der Waals surface area contributed by atoms with Crippen LogP contribution in [-0.2, 0) is 20.1 Å². The van der Waals surface area contributed by atoms with Gasteiger partial charge in [0.15, 0.2) is 34.9 Å². The fourth-order valence-corrected chi connectivity index (χ4v) is 14.2. The number of halogens is 2. The van der Waals surface area contributed by atoms with Gasteiger partial charge in [-0.15, -0.1) is 0 Å². The van der Waals surface area contributed by atoms with Crippen molar-refractivity contribution in [3.63, 3.8) is 0 Å². The molecule has 1 fully saturated rings. The monoisotopic (exact) mass is 1440 g/mol. The minimum atomic E-state index is -0.362. The van der Waals surface area contributed by atoms with Gasteiger partial charge < -0.3 is 13.7 Å². The predicted octanol–water partition coefficient (Wildman–Crippen LogP) is 22.6. The van der Waals surface area contributed by atoms with E-state index in [9.17, 15) is 14.9 Å². The number of nitriles is 2. The van der Waals surface area contributed by atoms with E-state index in [4.69, 9.17) is 39.2 Å². The molecule has 0 bridgehead atoms. The minimum Gasteiger partial charge on any atom is -0.463 e. The van der Waals surface area contributed by atoms with Crippen molar-refractivity contribution < 1.29 is 13.7 Å². The van der Waals surface area contributed by atoms with Gasteiger partial charge >= 0.3 is 7.12 Å². The lowest BCUT2D eigenvalue weighted by Gasteiger charge is -2.32. The van der Waals surface area contributed by atoms with E-state index in [0.717, 1.165) is 65.6 Å². The molecule has 12 aromatic carbocycles. The maximum absolute atomic E-state index is 9.49. The average molecular weight is 1450 g/mol. The number of fused-ring (bicyclic) bond motifs is 6. The van der Waals surface area contributed by atoms with E-state index in [2.05, 4.69) is 241 Å². The Morgan fingerprint density at radius 2 is 0.547 bits per heavy atom. The zero-order valence-corrected chi connectivity index (χ0v) is 61.7. The largest absolute Gasteiger partial charge is 0.494 e. The zero-order valence-electron chi connectivity index (χ0n) is 60.1. The first-order valence-electron chi connectivity index (χ1n) is 35.1. The minimum absolute atomic E-state index is 0.156. The summed E-state index contributed by atoms with van der Waals surface area (Å²) >= 11 is 3.49. The average Bonchev–Trinajstić information content (AvgIpc) is 1.58. The van der Waals surface area contributed by atoms with Crippen molar-refractivity contribution in [2.24, 2.45) is 0 Å². The molecule has 516 valence electrons. The summed E-state index contributed by atoms with van der Waals surface area (Å²) in [5.41, 5.74) is 23.8. The highest BCUT2D eigenvalue weighted by Crippen LogP contribution is 2.51. The van der Waals surface area contributed by atoms with Gasteiger partial charge in [-0.3, -0.25) is 0 Å². The molecule has 1 aliphatic heterocycles. The number of nitrogens with zero attached hydrogens (tertiary/aromatic N) is 8. The maximum atomic E-state index is 9.49. The molecule has 0 N–H and O–H groups in total. The fraction of sp³-hybridized carbons (Fsp3) is 0.129. The van der Waals surface area contributed by atoms with Gasteiger partial charge in [-0.2, -0.15) is 17.7 Å². The predicted molar refractivity (Wildman–Crippen MR) is 429 cm³/mol. The molecule has 17 rings (SSSR count). The first-order valence-corrected chi connectivity index (χ1v) is 35.9. The number of hydrogen-bond donors (Lipinski definition) is 0. The van der Waals surface area contributed by atoms with Crippen molar-refractivity contribution in [2.45, 2.75) is 77.4 Å². The van der Waals surface area contributed by atoms with Gasteiger partial charge in [0.05, 0.1) is 34.5 Å². The van der Waals surface area contributed by atoms with Crippen molar-refractivity contribution in [1.29, 1.82) is 10.5 Å². The van der Waals surface area contributed by atoms with E-state index in [1.165, 1.54) is 55.6 Å². The topological polar surface area (TPSA) is 143 Å². The summed E-state index contributed by atoms with van der Waals surface area (Å²) in [6.45, 7) is 17.2. The Bertz CT molecular complexity index is 5620. The fourth-order valence-electron chi connectivity index (χ4n) is 13.9. The van der Waals surface area contributed by atoms with Crippen molar-refractivity contribution in [1.82, 2.24) is 29.9 Å². The van der Waals surface area contributed by atoms with Crippen LogP contribution in [0.2, 0.25) is 0 Å². The van der Waals surface area contributed by atoms with Gasteiger partial charge in [0.1, 0.15) is 0 Å². The Balaban J connectivity index is 0.000000139. The van der Waals surface area contributed by atoms with Crippen LogP contribution in [0.5, 0.6) is 0 Å². The van der Waals surface area contributed by atoms with Crippen LogP contribution in [0, 0.1) is 29.8 Å². The second kappa shape index (κ2) is 29.6. The molecule has 2 aliphatic carbocycles. The SMILES string of the molecule is Brc1ccc(-c2nc(-c3ccccc3)nc(-c3ccc(-c4ccccc4)cc3)n2)cc1.CC1(C)c2cc(C#N)ccc2-c2ccc(-c3ccc(-c4nc(-c5ccccc5)nc(-c5ccc(-c6ccccc6)cc5)n4)cc3)cc21.CC1(C)c2cc(C#N)ccc2-c2ccc(B3OC(C)(C)C(C)(C)O3)cc21.[CH2-]F. The van der Waals surface area contributed by atoms with Crippen LogP contribution in [0.1, 0.15) is 88.8 Å². The second-order valence-electron chi connectivity index (χ2n) is 28.5. The Labute approximate surface area is 628 Å². The highest BCUT2D eigenvalue weighted by Gasteiger charge is 2.52. The van der Waals surface area contributed by atoms with E-state index < -0.39 is 0 Å². The number of aromatic nitrogens is 6. The van der Waals surface area contributed by atoms with Gasteiger partial charge in [-0.25, -0.2) is 29.9 Å². The molecule has 0 unspecified atom stereocenters. The molecule has 10 nitrogen and oxygen atoms in total. The molecule has 0 atom stereocenters. The molecular formula is C93H74BBrFN8O2-. The van der Waals surface area contributed by atoms with Crippen molar-refractivity contribution in [3.05, 3.63) is 336 Å². The van der Waals surface area contributed by atoms with Crippen molar-refractivity contribution in [2.75, 3.05) is 0 Å². The lowest BCUT2D eigenvalue weighted by atomic mass is 9.74. The van der Waals surface area contributed by atoms with Crippen LogP contribution >= 0.6 is 15.9 Å². The summed E-state index contributed by atoms with van der Waals surface area (Å²) in [6.07, 6.45) is 0. The summed E-state index contributed by atoms with van der Waals surface area (Å²) in [4.78, 5) is 29.1. The van der Waals surface area contributed by atoms with Crippen LogP contribution < -0.4 is 5.46 Å². The third-order valence-electron chi connectivity index (χ3n) is 20.6. The van der Waals surface area contributed by atoms with E-state index >= 15 is 0 Å². The Morgan fingerprint density at radius 1 is 0.302 bits per heavy atom. The normalized spacial score (nSPS) is 14.0. The molecule has 0 radical (unpaired) electrons. The van der Waals surface area contributed by atoms with Gasteiger partial charge in [0, 0.05) is 48.7 Å². The molecule has 14 aromatic rings. The van der Waals surface area contributed by atoms with Crippen LogP contribution in [0.25, 0.3) is 124 Å². The Kier molecular flexibility index (Phi) is 19.9. The first kappa shape index (κ1) is 71.0. The number of hydrogen-bond acceptors (Lipinski definition) is 10. The summed E-state index contributed by atoms with van der Waals surface area (Å²) in [5, 5.41) is 18.7. The summed E-state index contributed by atoms with van der Waals surface area (Å²) in [5.74, 6) is 3.89. The molecule has 1 saturated heterocycles. The van der Waals surface area contributed by atoms with Crippen molar-refractivity contribution >= 4 is 28.5 Å². The van der Waals surface area contributed by atoms with Crippen LogP contribution in [-0.4, -0.2) is 48.2 Å². The third-order valence-corrected chi connectivity index (χ3v) is 21.1. The summed E-state index contributed by atoms with van der Waals surface area (Å²) < 4.78 is 22.7. The Morgan fingerprint density at radius 3 is 0.887 bits per heavy atom. The Hall–Kier alpha value is -12.0. The first-order chi connectivity index (χ1) is 51.3. The molecular weight excluding hydrogens is 1370 g/mol. The summed E-state index contributed by atoms with van der Waals surface area (Å²) in [6, 6.07) is 104. The molecule has 106 heavy (non-hydrogen) atoms. The molecule has 0 amide bonds. The quantitative estimate of drug-likeness (QED) is 0.0959. The van der Waals surface area contributed by atoms with Crippen LogP contribution in [0.15, 0.2) is 296 Å². The second-order valence-corrected chi connectivity index (χ2v) is 29.4. The van der Waals surface area contributed by atoms with E-state index in [-0.39, 0.29) is 29.2 Å².